The van der Waals surface area contributed by atoms with Crippen LogP contribution in [0.4, 0.5) is 4.79 Å². The zero-order valence-corrected chi connectivity index (χ0v) is 9.57. The molecule has 0 aliphatic heterocycles. The Kier molecular flexibility index (Phi) is 52.6. The molecule has 0 fully saturated rings. The third-order valence-corrected chi connectivity index (χ3v) is 0. The molecule has 0 saturated carbocycles. The van der Waals surface area contributed by atoms with Gasteiger partial charge in [0.2, 0.25) is 0 Å². The van der Waals surface area contributed by atoms with E-state index in [2.05, 4.69) is 0 Å². The molecule has 0 unspecified atom stereocenters. The molecule has 0 aliphatic carbocycles. The minimum Gasteiger partial charge on any atom is -1.00 e. The summed E-state index contributed by atoms with van der Waals surface area (Å²) >= 11 is 0. The molecule has 0 aromatic heterocycles. The maximum absolute atomic E-state index is 8.56. The molecular formula is CH8BaMgO4. The quantitative estimate of drug-likeness (QED) is 0.542. The van der Waals surface area contributed by atoms with Gasteiger partial charge < -0.3 is 21.4 Å². The first-order chi connectivity index (χ1) is 1.73. The fourth-order valence-electron chi connectivity index (χ4n) is 0. The van der Waals surface area contributed by atoms with E-state index in [9.17, 15) is 0 Å². The van der Waals surface area contributed by atoms with Crippen molar-refractivity contribution in [3.05, 3.63) is 0 Å². The molecule has 0 amide bonds. The summed E-state index contributed by atoms with van der Waals surface area (Å²) in [4.78, 5) is 8.56. The van der Waals surface area contributed by atoms with Crippen LogP contribution in [0.1, 0.15) is 5.71 Å². The predicted octanol–water partition coefficient (Wildman–Crippen LogP) is -0.914. The van der Waals surface area contributed by atoms with E-state index in [1.807, 2.05) is 0 Å². The average molecular weight is 246 g/mol. The maximum atomic E-state index is 8.56. The molecule has 0 radical (unpaired) electrons. The molecular weight excluding hydrogens is 238 g/mol. The van der Waals surface area contributed by atoms with Crippen LogP contribution in [0.5, 0.6) is 0 Å². The van der Waals surface area contributed by atoms with Gasteiger partial charge in [-0.25, -0.2) is 4.79 Å². The largest absolute Gasteiger partial charge is 2.00 e. The number of rotatable bonds is 0. The van der Waals surface area contributed by atoms with Gasteiger partial charge in [0.25, 0.3) is 0 Å². The van der Waals surface area contributed by atoms with Crippen molar-refractivity contribution in [3.63, 3.8) is 0 Å². The number of hydrogen-bond acceptors (Lipinski definition) is 1. The van der Waals surface area contributed by atoms with Crippen molar-refractivity contribution >= 4 is 78.1 Å². The van der Waals surface area contributed by atoms with E-state index in [4.69, 9.17) is 15.0 Å². The minimum absolute atomic E-state index is 0. The van der Waals surface area contributed by atoms with Gasteiger partial charge in [-0.2, -0.15) is 0 Å². The van der Waals surface area contributed by atoms with Gasteiger partial charge in [-0.1, -0.05) is 0 Å². The van der Waals surface area contributed by atoms with E-state index < -0.39 is 6.16 Å². The second-order valence-corrected chi connectivity index (χ2v) is 0.283. The first kappa shape index (κ1) is 23.5. The van der Waals surface area contributed by atoms with Crippen LogP contribution in [-0.2, 0) is 0 Å². The molecule has 0 atom stereocenters. The molecule has 0 aliphatic rings. The molecule has 0 aromatic rings. The average Bonchev–Trinajstić information content (AvgIpc) is 0.811. The van der Waals surface area contributed by atoms with Crippen molar-refractivity contribution in [2.24, 2.45) is 0 Å². The Labute approximate surface area is 103 Å². The molecule has 0 saturated heterocycles. The molecule has 4 N–H and O–H groups in total. The fourth-order valence-corrected chi connectivity index (χ4v) is 0. The second-order valence-electron chi connectivity index (χ2n) is 0.283. The van der Waals surface area contributed by atoms with E-state index in [1.54, 1.807) is 0 Å². The first-order valence-corrected chi connectivity index (χ1v) is 0.651. The predicted molar refractivity (Wildman–Crippen MR) is 30.2 cm³/mol. The second kappa shape index (κ2) is 15.6. The standard InChI is InChI=1S/CH2O3.Ba.Mg.H2O.4H/c2-1(3)4;;;;;;;/h(H2,2,3,4);;;1H2;;;;/q;2*+2;;4*-1. The van der Waals surface area contributed by atoms with E-state index in [0.29, 0.717) is 0 Å². The van der Waals surface area contributed by atoms with Crippen molar-refractivity contribution in [1.82, 2.24) is 0 Å². The normalized spacial score (nSPS) is 3.43. The Morgan fingerprint density at radius 2 is 1.43 bits per heavy atom. The number of carbonyl (C=O) groups is 1. The number of carboxylic acid groups (broad SMARTS) is 2. The zero-order valence-electron chi connectivity index (χ0n) is 7.72. The third-order valence-electron chi connectivity index (χ3n) is 0. The van der Waals surface area contributed by atoms with Gasteiger partial charge in [0.15, 0.2) is 0 Å². The molecule has 0 heterocycles. The molecule has 0 rings (SSSR count). The minimum atomic E-state index is -1.83. The fraction of sp³-hybridized carbons (Fsp3) is 0. The summed E-state index contributed by atoms with van der Waals surface area (Å²) in [6.07, 6.45) is -1.83. The Balaban J connectivity index is -0.00000000214. The molecule has 40 valence electrons. The van der Waals surface area contributed by atoms with Crippen molar-refractivity contribution in [2.75, 3.05) is 0 Å². The van der Waals surface area contributed by atoms with Crippen LogP contribution >= 0.6 is 0 Å². The van der Waals surface area contributed by atoms with Crippen molar-refractivity contribution in [2.45, 2.75) is 0 Å². The molecule has 0 aromatic carbocycles. The van der Waals surface area contributed by atoms with Gasteiger partial charge >= 0.3 is 78.1 Å². The van der Waals surface area contributed by atoms with Gasteiger partial charge in [-0.05, 0) is 0 Å². The van der Waals surface area contributed by atoms with Gasteiger partial charge in [-0.15, -0.1) is 0 Å². The van der Waals surface area contributed by atoms with Gasteiger partial charge in [-0.3, -0.25) is 0 Å². The maximum Gasteiger partial charge on any atom is 2.00 e. The molecule has 7 heavy (non-hydrogen) atoms. The Morgan fingerprint density at radius 3 is 1.43 bits per heavy atom. The van der Waals surface area contributed by atoms with Crippen LogP contribution in [0.15, 0.2) is 0 Å². The zero-order chi connectivity index (χ0) is 3.58. The van der Waals surface area contributed by atoms with Crippen LogP contribution in [0.3, 0.4) is 0 Å². The van der Waals surface area contributed by atoms with Gasteiger partial charge in [0.05, 0.1) is 0 Å². The van der Waals surface area contributed by atoms with Gasteiger partial charge in [0.1, 0.15) is 0 Å². The Hall–Kier alpha value is 1.57. The Bertz CT molecular complexity index is 45.1. The smallest absolute Gasteiger partial charge is 1.00 e. The topological polar surface area (TPSA) is 89.0 Å². The first-order valence-electron chi connectivity index (χ1n) is 0.651. The van der Waals surface area contributed by atoms with Gasteiger partial charge in [0, 0.05) is 0 Å². The summed E-state index contributed by atoms with van der Waals surface area (Å²) in [7, 11) is 0. The van der Waals surface area contributed by atoms with Crippen molar-refractivity contribution < 1.29 is 26.2 Å². The molecule has 4 nitrogen and oxygen atoms in total. The molecule has 6 heteroatoms. The van der Waals surface area contributed by atoms with E-state index in [-0.39, 0.29) is 83.1 Å². The summed E-state index contributed by atoms with van der Waals surface area (Å²) in [6, 6.07) is 0. The summed E-state index contributed by atoms with van der Waals surface area (Å²) in [6.45, 7) is 0. The summed E-state index contributed by atoms with van der Waals surface area (Å²) in [5.41, 5.74) is 0. The van der Waals surface area contributed by atoms with Crippen LogP contribution in [0.25, 0.3) is 0 Å². The summed E-state index contributed by atoms with van der Waals surface area (Å²) in [5, 5.41) is 13.9. The Morgan fingerprint density at radius 1 is 1.43 bits per heavy atom. The van der Waals surface area contributed by atoms with Crippen LogP contribution < -0.4 is 0 Å². The van der Waals surface area contributed by atoms with E-state index >= 15 is 0 Å². The van der Waals surface area contributed by atoms with Crippen molar-refractivity contribution in [1.29, 1.82) is 0 Å². The van der Waals surface area contributed by atoms with Crippen LogP contribution in [0.2, 0.25) is 0 Å². The molecule has 0 bridgehead atoms. The van der Waals surface area contributed by atoms with E-state index in [1.165, 1.54) is 0 Å². The number of hydrogen-bond donors (Lipinski definition) is 2. The SMILES string of the molecule is O.O=C(O)O.[Ba+2].[H-].[H-].[H-].[H-].[Mg+2]. The van der Waals surface area contributed by atoms with Crippen molar-refractivity contribution in [3.8, 4) is 0 Å². The summed E-state index contributed by atoms with van der Waals surface area (Å²) < 4.78 is 0. The third kappa shape index (κ3) is 95.5. The van der Waals surface area contributed by atoms with Crippen LogP contribution in [0, 0.1) is 0 Å². The molecule has 0 spiro atoms. The van der Waals surface area contributed by atoms with E-state index in [0.717, 1.165) is 0 Å². The monoisotopic (exact) mass is 246 g/mol. The summed E-state index contributed by atoms with van der Waals surface area (Å²) in [5.74, 6) is 0. The van der Waals surface area contributed by atoms with Crippen LogP contribution in [-0.4, -0.2) is 93.8 Å².